The molecule has 0 amide bonds. The van der Waals surface area contributed by atoms with Crippen molar-refractivity contribution in [2.45, 2.75) is 13.5 Å². The second kappa shape index (κ2) is 4.04. The topological polar surface area (TPSA) is 43.8 Å². The fourth-order valence-corrected chi connectivity index (χ4v) is 1.65. The predicted molar refractivity (Wildman–Crippen MR) is 61.2 cm³/mol. The zero-order chi connectivity index (χ0) is 10.8. The van der Waals surface area contributed by atoms with Crippen LogP contribution in [0.3, 0.4) is 0 Å². The zero-order valence-corrected chi connectivity index (χ0v) is 9.20. The third kappa shape index (κ3) is 1.89. The molecule has 0 bridgehead atoms. The van der Waals surface area contributed by atoms with E-state index in [9.17, 15) is 0 Å². The van der Waals surface area contributed by atoms with E-state index in [4.69, 9.17) is 17.3 Å². The zero-order valence-electron chi connectivity index (χ0n) is 8.44. The number of nitrogens with two attached hydrogens (primary N) is 1. The van der Waals surface area contributed by atoms with Gasteiger partial charge in [-0.05, 0) is 19.1 Å². The molecule has 1 aromatic heterocycles. The summed E-state index contributed by atoms with van der Waals surface area (Å²) >= 11 is 5.96. The molecule has 1 aromatic carbocycles. The standard InChI is InChI=1S/C11H12ClN3/c1-8-2-4-9(5-3-8)15-11(6-13)10(12)7-14-15/h2-5,7H,6,13H2,1H3. The molecular weight excluding hydrogens is 210 g/mol. The van der Waals surface area contributed by atoms with Crippen molar-refractivity contribution >= 4 is 11.6 Å². The van der Waals surface area contributed by atoms with Gasteiger partial charge in [-0.1, -0.05) is 29.3 Å². The van der Waals surface area contributed by atoms with Crippen LogP contribution in [0.4, 0.5) is 0 Å². The lowest BCUT2D eigenvalue weighted by atomic mass is 10.2. The van der Waals surface area contributed by atoms with Crippen molar-refractivity contribution in [2.75, 3.05) is 0 Å². The number of aryl methyl sites for hydroxylation is 1. The Labute approximate surface area is 93.5 Å². The van der Waals surface area contributed by atoms with Gasteiger partial charge in [0.1, 0.15) is 0 Å². The summed E-state index contributed by atoms with van der Waals surface area (Å²) in [6.07, 6.45) is 1.61. The van der Waals surface area contributed by atoms with E-state index in [-0.39, 0.29) is 0 Å². The summed E-state index contributed by atoms with van der Waals surface area (Å²) in [5.74, 6) is 0. The molecule has 0 radical (unpaired) electrons. The van der Waals surface area contributed by atoms with Crippen LogP contribution in [-0.4, -0.2) is 9.78 Å². The Kier molecular flexibility index (Phi) is 2.75. The summed E-state index contributed by atoms with van der Waals surface area (Å²) in [7, 11) is 0. The molecule has 4 heteroatoms. The maximum atomic E-state index is 5.96. The Hall–Kier alpha value is -1.32. The van der Waals surface area contributed by atoms with Gasteiger partial charge in [0.2, 0.25) is 0 Å². The number of halogens is 1. The quantitative estimate of drug-likeness (QED) is 0.846. The molecule has 3 nitrogen and oxygen atoms in total. The van der Waals surface area contributed by atoms with Crippen molar-refractivity contribution in [2.24, 2.45) is 5.73 Å². The predicted octanol–water partition coefficient (Wildman–Crippen LogP) is 2.29. The average Bonchev–Trinajstić information content (AvgIpc) is 2.61. The van der Waals surface area contributed by atoms with Crippen LogP contribution in [0, 0.1) is 6.92 Å². The van der Waals surface area contributed by atoms with Crippen molar-refractivity contribution in [1.82, 2.24) is 9.78 Å². The van der Waals surface area contributed by atoms with Crippen molar-refractivity contribution in [1.29, 1.82) is 0 Å². The lowest BCUT2D eigenvalue weighted by molar-refractivity contribution is 0.803. The first-order valence-corrected chi connectivity index (χ1v) is 5.09. The average molecular weight is 222 g/mol. The molecule has 0 saturated heterocycles. The third-order valence-electron chi connectivity index (χ3n) is 2.29. The molecule has 78 valence electrons. The van der Waals surface area contributed by atoms with Crippen LogP contribution in [-0.2, 0) is 6.54 Å². The minimum Gasteiger partial charge on any atom is -0.325 e. The highest BCUT2D eigenvalue weighted by molar-refractivity contribution is 6.31. The SMILES string of the molecule is Cc1ccc(-n2ncc(Cl)c2CN)cc1. The molecule has 0 aliphatic heterocycles. The highest BCUT2D eigenvalue weighted by Gasteiger charge is 2.08. The molecule has 0 fully saturated rings. The largest absolute Gasteiger partial charge is 0.325 e. The van der Waals surface area contributed by atoms with Gasteiger partial charge < -0.3 is 5.73 Å². The van der Waals surface area contributed by atoms with Gasteiger partial charge in [0.05, 0.1) is 22.6 Å². The molecule has 0 saturated carbocycles. The number of aromatic nitrogens is 2. The minimum atomic E-state index is 0.382. The Bertz CT molecular complexity index is 459. The van der Waals surface area contributed by atoms with Gasteiger partial charge in [0.25, 0.3) is 0 Å². The van der Waals surface area contributed by atoms with Crippen LogP contribution in [0.15, 0.2) is 30.5 Å². The first-order chi connectivity index (χ1) is 7.22. The van der Waals surface area contributed by atoms with E-state index in [1.165, 1.54) is 5.56 Å². The van der Waals surface area contributed by atoms with E-state index >= 15 is 0 Å². The first-order valence-electron chi connectivity index (χ1n) is 4.72. The summed E-state index contributed by atoms with van der Waals surface area (Å²) in [4.78, 5) is 0. The molecular formula is C11H12ClN3. The van der Waals surface area contributed by atoms with Crippen molar-refractivity contribution < 1.29 is 0 Å². The molecule has 0 aliphatic rings. The first kappa shape index (κ1) is 10.2. The summed E-state index contributed by atoms with van der Waals surface area (Å²) in [6.45, 7) is 2.43. The number of rotatable bonds is 2. The monoisotopic (exact) mass is 221 g/mol. The molecule has 2 N–H and O–H groups in total. The Morgan fingerprint density at radius 2 is 2.00 bits per heavy atom. The van der Waals surface area contributed by atoms with E-state index < -0.39 is 0 Å². The van der Waals surface area contributed by atoms with E-state index in [0.29, 0.717) is 11.6 Å². The van der Waals surface area contributed by atoms with Gasteiger partial charge in [-0.2, -0.15) is 5.10 Å². The Morgan fingerprint density at radius 1 is 1.33 bits per heavy atom. The van der Waals surface area contributed by atoms with E-state index in [1.54, 1.807) is 10.9 Å². The molecule has 15 heavy (non-hydrogen) atoms. The molecule has 0 spiro atoms. The second-order valence-electron chi connectivity index (χ2n) is 3.39. The minimum absolute atomic E-state index is 0.382. The second-order valence-corrected chi connectivity index (χ2v) is 3.80. The molecule has 2 aromatic rings. The lowest BCUT2D eigenvalue weighted by Gasteiger charge is -2.06. The van der Waals surface area contributed by atoms with E-state index in [1.807, 2.05) is 31.2 Å². The van der Waals surface area contributed by atoms with Crippen LogP contribution in [0.2, 0.25) is 5.02 Å². The Morgan fingerprint density at radius 3 is 2.60 bits per heavy atom. The maximum absolute atomic E-state index is 5.96. The van der Waals surface area contributed by atoms with Gasteiger partial charge in [-0.25, -0.2) is 4.68 Å². The van der Waals surface area contributed by atoms with Crippen LogP contribution < -0.4 is 5.73 Å². The number of nitrogens with zero attached hydrogens (tertiary/aromatic N) is 2. The summed E-state index contributed by atoms with van der Waals surface area (Å²) < 4.78 is 1.77. The normalized spacial score (nSPS) is 10.6. The number of hydrogen-bond acceptors (Lipinski definition) is 2. The third-order valence-corrected chi connectivity index (χ3v) is 2.61. The van der Waals surface area contributed by atoms with Crippen LogP contribution in [0.25, 0.3) is 5.69 Å². The smallest absolute Gasteiger partial charge is 0.0835 e. The fraction of sp³-hybridized carbons (Fsp3) is 0.182. The maximum Gasteiger partial charge on any atom is 0.0835 e. The van der Waals surface area contributed by atoms with Gasteiger partial charge in [0, 0.05) is 6.54 Å². The van der Waals surface area contributed by atoms with Crippen LogP contribution in [0.1, 0.15) is 11.3 Å². The highest BCUT2D eigenvalue weighted by atomic mass is 35.5. The summed E-state index contributed by atoms with van der Waals surface area (Å²) in [5, 5.41) is 4.80. The van der Waals surface area contributed by atoms with E-state index in [2.05, 4.69) is 5.10 Å². The number of hydrogen-bond donors (Lipinski definition) is 1. The molecule has 1 heterocycles. The van der Waals surface area contributed by atoms with Crippen molar-refractivity contribution in [3.63, 3.8) is 0 Å². The summed E-state index contributed by atoms with van der Waals surface area (Å²) in [5.41, 5.74) is 8.65. The molecule has 0 atom stereocenters. The molecule has 0 unspecified atom stereocenters. The Balaban J connectivity index is 2.49. The fourth-order valence-electron chi connectivity index (χ4n) is 1.45. The van der Waals surface area contributed by atoms with Gasteiger partial charge in [0.15, 0.2) is 0 Å². The van der Waals surface area contributed by atoms with Gasteiger partial charge in [-0.3, -0.25) is 0 Å². The summed E-state index contributed by atoms with van der Waals surface area (Å²) in [6, 6.07) is 8.06. The lowest BCUT2D eigenvalue weighted by Crippen LogP contribution is -2.07. The van der Waals surface area contributed by atoms with Crippen molar-refractivity contribution in [3.8, 4) is 5.69 Å². The number of benzene rings is 1. The van der Waals surface area contributed by atoms with Gasteiger partial charge >= 0.3 is 0 Å². The highest BCUT2D eigenvalue weighted by Crippen LogP contribution is 2.18. The van der Waals surface area contributed by atoms with Gasteiger partial charge in [-0.15, -0.1) is 0 Å². The van der Waals surface area contributed by atoms with Crippen LogP contribution >= 0.6 is 11.6 Å². The molecule has 0 aliphatic carbocycles. The molecule has 2 rings (SSSR count). The van der Waals surface area contributed by atoms with Crippen LogP contribution in [0.5, 0.6) is 0 Å². The van der Waals surface area contributed by atoms with Crippen molar-refractivity contribution in [3.05, 3.63) is 46.7 Å². The van der Waals surface area contributed by atoms with E-state index in [0.717, 1.165) is 11.4 Å².